The third-order valence-electron chi connectivity index (χ3n) is 5.22. The molecule has 0 unspecified atom stereocenters. The highest BCUT2D eigenvalue weighted by molar-refractivity contribution is 7.80. The minimum Gasteiger partial charge on any atom is -0.467 e. The summed E-state index contributed by atoms with van der Waals surface area (Å²) in [7, 11) is 0. The molecule has 0 amide bonds. The number of hydrogen-bond acceptors (Lipinski definition) is 4. The van der Waals surface area contributed by atoms with Crippen LogP contribution in [0.5, 0.6) is 0 Å². The van der Waals surface area contributed by atoms with E-state index in [-0.39, 0.29) is 12.1 Å². The third kappa shape index (κ3) is 3.94. The molecule has 1 aliphatic heterocycles. The quantitative estimate of drug-likeness (QED) is 0.340. The summed E-state index contributed by atoms with van der Waals surface area (Å²) in [5.74, 6) is 2.21. The molecule has 156 valence electrons. The summed E-state index contributed by atoms with van der Waals surface area (Å²) < 4.78 is 11.9. The van der Waals surface area contributed by atoms with Gasteiger partial charge in [-0.1, -0.05) is 29.3 Å². The summed E-state index contributed by atoms with van der Waals surface area (Å²) in [5, 5.41) is 5.11. The van der Waals surface area contributed by atoms with E-state index in [1.807, 2.05) is 48.5 Å². The highest BCUT2D eigenvalue weighted by Gasteiger charge is 2.42. The van der Waals surface area contributed by atoms with Crippen molar-refractivity contribution in [3.8, 4) is 11.3 Å². The van der Waals surface area contributed by atoms with E-state index in [0.717, 1.165) is 22.8 Å². The molecular formula is C23H17Cl2N3O2S. The molecule has 2 atom stereocenters. The van der Waals surface area contributed by atoms with Gasteiger partial charge in [-0.15, -0.1) is 0 Å². The molecule has 5 rings (SSSR count). The van der Waals surface area contributed by atoms with Crippen LogP contribution in [-0.4, -0.2) is 15.0 Å². The summed E-state index contributed by atoms with van der Waals surface area (Å²) in [6.07, 6.45) is 3.42. The average Bonchev–Trinajstić information content (AvgIpc) is 3.51. The number of rotatable bonds is 5. The Labute approximate surface area is 194 Å². The van der Waals surface area contributed by atoms with Gasteiger partial charge in [0.1, 0.15) is 23.3 Å². The zero-order valence-electron chi connectivity index (χ0n) is 16.2. The number of aromatic nitrogens is 1. The van der Waals surface area contributed by atoms with E-state index in [0.29, 0.717) is 27.5 Å². The first-order chi connectivity index (χ1) is 15.1. The Balaban J connectivity index is 1.55. The van der Waals surface area contributed by atoms with E-state index in [4.69, 9.17) is 44.3 Å². The van der Waals surface area contributed by atoms with E-state index in [9.17, 15) is 0 Å². The minimum atomic E-state index is -0.215. The van der Waals surface area contributed by atoms with Crippen molar-refractivity contribution in [2.24, 2.45) is 0 Å². The van der Waals surface area contributed by atoms with Gasteiger partial charge >= 0.3 is 0 Å². The summed E-state index contributed by atoms with van der Waals surface area (Å²) in [6.45, 7) is 0.505. The number of nitrogens with zero attached hydrogens (tertiary/aromatic N) is 2. The van der Waals surface area contributed by atoms with Crippen molar-refractivity contribution in [1.29, 1.82) is 0 Å². The summed E-state index contributed by atoms with van der Waals surface area (Å²) in [6, 6.07) is 18.4. The number of thiocarbonyl (C=S) groups is 1. The second kappa shape index (κ2) is 8.38. The van der Waals surface area contributed by atoms with Gasteiger partial charge in [-0.3, -0.25) is 4.98 Å². The largest absolute Gasteiger partial charge is 0.467 e. The van der Waals surface area contributed by atoms with Gasteiger partial charge in [0.25, 0.3) is 0 Å². The number of pyridine rings is 1. The third-order valence-corrected chi connectivity index (χ3v) is 6.12. The van der Waals surface area contributed by atoms with Gasteiger partial charge in [0, 0.05) is 16.8 Å². The lowest BCUT2D eigenvalue weighted by molar-refractivity contribution is 0.253. The number of benzene rings is 1. The molecule has 1 aliphatic rings. The van der Waals surface area contributed by atoms with Gasteiger partial charge in [0.2, 0.25) is 0 Å². The molecule has 4 heterocycles. The van der Waals surface area contributed by atoms with Crippen LogP contribution in [0.4, 0.5) is 0 Å². The first-order valence-corrected chi connectivity index (χ1v) is 10.8. The van der Waals surface area contributed by atoms with Crippen molar-refractivity contribution in [2.75, 3.05) is 0 Å². The van der Waals surface area contributed by atoms with Crippen molar-refractivity contribution in [3.63, 3.8) is 0 Å². The Morgan fingerprint density at radius 2 is 1.97 bits per heavy atom. The fraction of sp³-hybridized carbons (Fsp3) is 0.130. The van der Waals surface area contributed by atoms with Crippen LogP contribution in [0.25, 0.3) is 11.3 Å². The fourth-order valence-corrected chi connectivity index (χ4v) is 4.61. The molecule has 4 aromatic rings. The van der Waals surface area contributed by atoms with Crippen LogP contribution in [0.15, 0.2) is 82.0 Å². The highest BCUT2D eigenvalue weighted by Crippen LogP contribution is 2.42. The second-order valence-electron chi connectivity index (χ2n) is 7.16. The Bertz CT molecular complexity index is 1210. The number of furan rings is 2. The van der Waals surface area contributed by atoms with Gasteiger partial charge in [0.15, 0.2) is 5.11 Å². The molecule has 1 N–H and O–H groups in total. The molecule has 8 heteroatoms. The molecular weight excluding hydrogens is 453 g/mol. The van der Waals surface area contributed by atoms with E-state index in [2.05, 4.69) is 15.2 Å². The zero-order chi connectivity index (χ0) is 21.4. The molecule has 0 bridgehead atoms. The lowest BCUT2D eigenvalue weighted by atomic mass is 10.0. The SMILES string of the molecule is S=C1N[C@H](c2ccccn2)[C@H](c2ccc(-c3ccc(Cl)cc3Cl)o2)N1Cc1ccco1. The normalized spacial score (nSPS) is 18.4. The maximum atomic E-state index is 6.39. The molecule has 0 spiro atoms. The molecule has 1 fully saturated rings. The molecule has 5 nitrogen and oxygen atoms in total. The zero-order valence-corrected chi connectivity index (χ0v) is 18.5. The van der Waals surface area contributed by atoms with Crippen LogP contribution in [-0.2, 0) is 6.54 Å². The van der Waals surface area contributed by atoms with Gasteiger partial charge in [-0.2, -0.15) is 0 Å². The van der Waals surface area contributed by atoms with Crippen LogP contribution >= 0.6 is 35.4 Å². The van der Waals surface area contributed by atoms with Crippen LogP contribution < -0.4 is 5.32 Å². The molecule has 0 radical (unpaired) electrons. The number of nitrogens with one attached hydrogen (secondary N) is 1. The number of hydrogen-bond donors (Lipinski definition) is 1. The molecule has 0 saturated carbocycles. The van der Waals surface area contributed by atoms with Crippen LogP contribution in [0, 0.1) is 0 Å². The van der Waals surface area contributed by atoms with Crippen molar-refractivity contribution in [1.82, 2.24) is 15.2 Å². The molecule has 31 heavy (non-hydrogen) atoms. The first kappa shape index (κ1) is 20.1. The van der Waals surface area contributed by atoms with Gasteiger partial charge in [-0.05, 0) is 66.8 Å². The molecule has 3 aromatic heterocycles. The summed E-state index contributed by atoms with van der Waals surface area (Å²) in [5.41, 5.74) is 1.65. The van der Waals surface area contributed by atoms with E-state index in [1.54, 1.807) is 24.6 Å². The van der Waals surface area contributed by atoms with Crippen molar-refractivity contribution >= 4 is 40.5 Å². The Morgan fingerprint density at radius 1 is 1.06 bits per heavy atom. The van der Waals surface area contributed by atoms with E-state index < -0.39 is 0 Å². The molecule has 1 saturated heterocycles. The van der Waals surface area contributed by atoms with Crippen molar-refractivity contribution in [3.05, 3.63) is 100 Å². The van der Waals surface area contributed by atoms with Gasteiger partial charge in [0.05, 0.1) is 29.6 Å². The van der Waals surface area contributed by atoms with E-state index in [1.165, 1.54) is 0 Å². The van der Waals surface area contributed by atoms with E-state index >= 15 is 0 Å². The first-order valence-electron chi connectivity index (χ1n) is 9.66. The fourth-order valence-electron chi connectivity index (χ4n) is 3.80. The monoisotopic (exact) mass is 469 g/mol. The van der Waals surface area contributed by atoms with Crippen LogP contribution in [0.1, 0.15) is 29.3 Å². The summed E-state index contributed by atoms with van der Waals surface area (Å²) >= 11 is 18.1. The number of halogens is 2. The lowest BCUT2D eigenvalue weighted by Crippen LogP contribution is -2.28. The second-order valence-corrected chi connectivity index (χ2v) is 8.39. The van der Waals surface area contributed by atoms with Crippen LogP contribution in [0.2, 0.25) is 10.0 Å². The predicted molar refractivity (Wildman–Crippen MR) is 124 cm³/mol. The molecule has 1 aromatic carbocycles. The maximum Gasteiger partial charge on any atom is 0.170 e. The van der Waals surface area contributed by atoms with Crippen molar-refractivity contribution < 1.29 is 8.83 Å². The maximum absolute atomic E-state index is 6.39. The highest BCUT2D eigenvalue weighted by atomic mass is 35.5. The van der Waals surface area contributed by atoms with Gasteiger partial charge in [-0.25, -0.2) is 0 Å². The Morgan fingerprint density at radius 3 is 2.71 bits per heavy atom. The molecule has 0 aliphatic carbocycles. The Hall–Kier alpha value is -2.80. The topological polar surface area (TPSA) is 54.4 Å². The van der Waals surface area contributed by atoms with Gasteiger partial charge < -0.3 is 19.1 Å². The van der Waals surface area contributed by atoms with Crippen molar-refractivity contribution in [2.45, 2.75) is 18.6 Å². The summed E-state index contributed by atoms with van der Waals surface area (Å²) in [4.78, 5) is 6.60. The Kier molecular flexibility index (Phi) is 5.44. The standard InChI is InChI=1S/C23H17Cl2N3O2S/c24-14-6-7-16(17(25)12-14)19-8-9-20(30-19)22-21(18-5-1-2-10-26-18)27-23(31)28(22)13-15-4-3-11-29-15/h1-12,21-22H,13H2,(H,27,31)/t21-,22+/m1/s1. The lowest BCUT2D eigenvalue weighted by Gasteiger charge is -2.25. The average molecular weight is 470 g/mol. The smallest absolute Gasteiger partial charge is 0.170 e. The predicted octanol–water partition coefficient (Wildman–Crippen LogP) is 6.41. The van der Waals surface area contributed by atoms with Crippen LogP contribution in [0.3, 0.4) is 0 Å². The minimum absolute atomic E-state index is 0.177.